The standard InChI is InChI=1S/C49H30N2/c1-2-14-31(15-3-1)50-45-24-12-7-19-36(45)39-28-32(26-27-47(39)50)51-46-25-13-8-20-37(46)40-29-44-38(30-48(40)51)35-18-6-11-23-43(35)49(44)41-21-9-4-16-33(41)34-17-5-10-22-42(34)49/h1-30H. The van der Waals surface area contributed by atoms with Crippen LogP contribution < -0.4 is 0 Å². The Balaban J connectivity index is 1.18. The maximum Gasteiger partial charge on any atom is 0.0725 e. The molecule has 12 rings (SSSR count). The zero-order valence-electron chi connectivity index (χ0n) is 27.7. The first-order chi connectivity index (χ1) is 25.3. The molecular weight excluding hydrogens is 617 g/mol. The molecule has 8 aromatic carbocycles. The number of hydrogen-bond donors (Lipinski definition) is 0. The number of benzene rings is 8. The number of rotatable bonds is 2. The smallest absolute Gasteiger partial charge is 0.0725 e. The summed E-state index contributed by atoms with van der Waals surface area (Å²) in [6, 6.07) is 67.7. The van der Waals surface area contributed by atoms with Crippen LogP contribution in [0.3, 0.4) is 0 Å². The van der Waals surface area contributed by atoms with Crippen molar-refractivity contribution >= 4 is 43.6 Å². The van der Waals surface area contributed by atoms with E-state index in [1.807, 2.05) is 0 Å². The van der Waals surface area contributed by atoms with Crippen LogP contribution in [0.1, 0.15) is 22.3 Å². The van der Waals surface area contributed by atoms with E-state index in [1.54, 1.807) is 0 Å². The molecule has 236 valence electrons. The van der Waals surface area contributed by atoms with Crippen molar-refractivity contribution in [3.05, 3.63) is 204 Å². The Kier molecular flexibility index (Phi) is 5.20. The molecule has 10 aromatic rings. The Bertz CT molecular complexity index is 3040. The molecule has 0 aliphatic heterocycles. The molecule has 2 aromatic heterocycles. The fraction of sp³-hybridized carbons (Fsp3) is 0.0204. The quantitative estimate of drug-likeness (QED) is 0.177. The number of aromatic nitrogens is 2. The van der Waals surface area contributed by atoms with Gasteiger partial charge >= 0.3 is 0 Å². The Labute approximate surface area is 295 Å². The molecular formula is C49H30N2. The van der Waals surface area contributed by atoms with Crippen molar-refractivity contribution in [1.82, 2.24) is 9.13 Å². The van der Waals surface area contributed by atoms with Crippen molar-refractivity contribution in [1.29, 1.82) is 0 Å². The van der Waals surface area contributed by atoms with Gasteiger partial charge in [-0.15, -0.1) is 0 Å². The summed E-state index contributed by atoms with van der Waals surface area (Å²) >= 11 is 0. The second kappa shape index (κ2) is 9.74. The van der Waals surface area contributed by atoms with Crippen LogP contribution in [-0.2, 0) is 5.41 Å². The van der Waals surface area contributed by atoms with Gasteiger partial charge in [0.05, 0.1) is 27.5 Å². The van der Waals surface area contributed by atoms with Gasteiger partial charge in [-0.3, -0.25) is 0 Å². The second-order valence-corrected chi connectivity index (χ2v) is 14.0. The maximum atomic E-state index is 2.53. The highest BCUT2D eigenvalue weighted by Gasteiger charge is 2.51. The molecule has 1 spiro atoms. The lowest BCUT2D eigenvalue weighted by Crippen LogP contribution is -2.25. The van der Waals surface area contributed by atoms with Gasteiger partial charge in [0.15, 0.2) is 0 Å². The molecule has 0 fully saturated rings. The topological polar surface area (TPSA) is 9.86 Å². The summed E-state index contributed by atoms with van der Waals surface area (Å²) in [4.78, 5) is 0. The van der Waals surface area contributed by atoms with Crippen LogP contribution in [0.25, 0.3) is 77.2 Å². The molecule has 0 bridgehead atoms. The van der Waals surface area contributed by atoms with Gasteiger partial charge in [0.2, 0.25) is 0 Å². The average molecular weight is 647 g/mol. The van der Waals surface area contributed by atoms with E-state index in [-0.39, 0.29) is 5.41 Å². The average Bonchev–Trinajstić information content (AvgIpc) is 3.89. The predicted molar refractivity (Wildman–Crippen MR) is 211 cm³/mol. The molecule has 2 heteroatoms. The van der Waals surface area contributed by atoms with Crippen LogP contribution in [0, 0.1) is 0 Å². The summed E-state index contributed by atoms with van der Waals surface area (Å²) in [6.07, 6.45) is 0. The first-order valence-electron chi connectivity index (χ1n) is 17.8. The predicted octanol–water partition coefficient (Wildman–Crippen LogP) is 12.2. The first kappa shape index (κ1) is 27.2. The monoisotopic (exact) mass is 646 g/mol. The first-order valence-corrected chi connectivity index (χ1v) is 17.8. The fourth-order valence-corrected chi connectivity index (χ4v) is 9.79. The van der Waals surface area contributed by atoms with Gasteiger partial charge in [-0.05, 0) is 99.1 Å². The van der Waals surface area contributed by atoms with Crippen LogP contribution in [-0.4, -0.2) is 9.13 Å². The van der Waals surface area contributed by atoms with E-state index in [0.717, 1.165) is 0 Å². The third-order valence-electron chi connectivity index (χ3n) is 11.7. The molecule has 2 aliphatic rings. The van der Waals surface area contributed by atoms with Gasteiger partial charge in [-0.2, -0.15) is 0 Å². The summed E-state index contributed by atoms with van der Waals surface area (Å²) in [6.45, 7) is 0. The van der Waals surface area contributed by atoms with Gasteiger partial charge in [-0.25, -0.2) is 0 Å². The Hall–Kier alpha value is -6.64. The Morgan fingerprint density at radius 2 is 0.745 bits per heavy atom. The van der Waals surface area contributed by atoms with Gasteiger partial charge in [0, 0.05) is 32.9 Å². The van der Waals surface area contributed by atoms with Crippen molar-refractivity contribution in [2.24, 2.45) is 0 Å². The van der Waals surface area contributed by atoms with Crippen molar-refractivity contribution in [3.8, 4) is 33.6 Å². The van der Waals surface area contributed by atoms with Gasteiger partial charge in [-0.1, -0.05) is 127 Å². The minimum absolute atomic E-state index is 0.366. The molecule has 2 aliphatic carbocycles. The highest BCUT2D eigenvalue weighted by Crippen LogP contribution is 2.63. The normalized spacial score (nSPS) is 13.6. The van der Waals surface area contributed by atoms with Crippen LogP contribution in [0.4, 0.5) is 0 Å². The lowest BCUT2D eigenvalue weighted by molar-refractivity contribution is 0.795. The lowest BCUT2D eigenvalue weighted by Gasteiger charge is -2.30. The van der Waals surface area contributed by atoms with Crippen LogP contribution in [0.2, 0.25) is 0 Å². The second-order valence-electron chi connectivity index (χ2n) is 14.0. The van der Waals surface area contributed by atoms with Crippen LogP contribution in [0.5, 0.6) is 0 Å². The van der Waals surface area contributed by atoms with E-state index in [0.29, 0.717) is 0 Å². The summed E-state index contributed by atoms with van der Waals surface area (Å²) in [5.74, 6) is 0. The molecule has 0 amide bonds. The molecule has 2 heterocycles. The molecule has 0 N–H and O–H groups in total. The fourth-order valence-electron chi connectivity index (χ4n) is 9.79. The van der Waals surface area contributed by atoms with Crippen molar-refractivity contribution in [2.45, 2.75) is 5.41 Å². The summed E-state index contributed by atoms with van der Waals surface area (Å²) in [7, 11) is 0. The van der Waals surface area contributed by atoms with E-state index in [9.17, 15) is 0 Å². The van der Waals surface area contributed by atoms with E-state index in [1.165, 1.54) is 99.5 Å². The highest BCUT2D eigenvalue weighted by molar-refractivity contribution is 6.14. The van der Waals surface area contributed by atoms with Gasteiger partial charge in [0.1, 0.15) is 0 Å². The molecule has 0 atom stereocenters. The van der Waals surface area contributed by atoms with Gasteiger partial charge in [0.25, 0.3) is 0 Å². The van der Waals surface area contributed by atoms with Gasteiger partial charge < -0.3 is 9.13 Å². The molecule has 2 nitrogen and oxygen atoms in total. The molecule has 0 radical (unpaired) electrons. The maximum absolute atomic E-state index is 2.53. The highest BCUT2D eigenvalue weighted by atomic mass is 15.0. The van der Waals surface area contributed by atoms with Crippen molar-refractivity contribution < 1.29 is 0 Å². The Morgan fingerprint density at radius 1 is 0.275 bits per heavy atom. The number of nitrogens with zero attached hydrogens (tertiary/aromatic N) is 2. The molecule has 0 unspecified atom stereocenters. The van der Waals surface area contributed by atoms with Crippen LogP contribution in [0.15, 0.2) is 182 Å². The summed E-state index contributed by atoms with van der Waals surface area (Å²) < 4.78 is 4.88. The number of hydrogen-bond acceptors (Lipinski definition) is 0. The van der Waals surface area contributed by atoms with E-state index < -0.39 is 0 Å². The minimum atomic E-state index is -0.366. The summed E-state index contributed by atoms with van der Waals surface area (Å²) in [5.41, 5.74) is 17.7. The number of para-hydroxylation sites is 3. The van der Waals surface area contributed by atoms with Crippen LogP contribution >= 0.6 is 0 Å². The molecule has 0 saturated carbocycles. The zero-order valence-corrected chi connectivity index (χ0v) is 27.7. The number of fused-ring (bicyclic) bond motifs is 16. The lowest BCUT2D eigenvalue weighted by atomic mass is 9.70. The Morgan fingerprint density at radius 3 is 1.37 bits per heavy atom. The van der Waals surface area contributed by atoms with E-state index in [2.05, 4.69) is 191 Å². The van der Waals surface area contributed by atoms with Crippen molar-refractivity contribution in [2.75, 3.05) is 0 Å². The third kappa shape index (κ3) is 3.32. The van der Waals surface area contributed by atoms with E-state index in [4.69, 9.17) is 0 Å². The minimum Gasteiger partial charge on any atom is -0.309 e. The largest absolute Gasteiger partial charge is 0.309 e. The van der Waals surface area contributed by atoms with Crippen molar-refractivity contribution in [3.63, 3.8) is 0 Å². The molecule has 51 heavy (non-hydrogen) atoms. The summed E-state index contributed by atoms with van der Waals surface area (Å²) in [5, 5.41) is 5.06. The van der Waals surface area contributed by atoms with E-state index >= 15 is 0 Å². The zero-order chi connectivity index (χ0) is 33.3. The SMILES string of the molecule is c1ccc(-n2c3ccccc3c3cc(-n4c5ccccc5c5cc6c(cc54)-c4ccccc4C64c5ccccc5-c5ccccc54)ccc32)cc1. The third-order valence-corrected chi connectivity index (χ3v) is 11.7. The molecule has 0 saturated heterocycles.